The van der Waals surface area contributed by atoms with Gasteiger partial charge in [-0.05, 0) is 31.7 Å². The molecule has 3 rings (SSSR count). The lowest BCUT2D eigenvalue weighted by atomic mass is 9.81. The number of amides is 2. The zero-order chi connectivity index (χ0) is 16.6. The van der Waals surface area contributed by atoms with Crippen molar-refractivity contribution in [3.63, 3.8) is 0 Å². The number of rotatable bonds is 4. The van der Waals surface area contributed by atoms with Gasteiger partial charge < -0.3 is 19.7 Å². The average molecular weight is 320 g/mol. The molecule has 7 heteroatoms. The lowest BCUT2D eigenvalue weighted by molar-refractivity contribution is -0.149. The van der Waals surface area contributed by atoms with Crippen LogP contribution in [0, 0.1) is 11.3 Å². The maximum absolute atomic E-state index is 12.5. The van der Waals surface area contributed by atoms with Gasteiger partial charge in [0.05, 0.1) is 17.2 Å². The Morgan fingerprint density at radius 1 is 1.48 bits per heavy atom. The van der Waals surface area contributed by atoms with Crippen molar-refractivity contribution in [1.82, 2.24) is 10.2 Å². The molecule has 1 unspecified atom stereocenters. The third kappa shape index (κ3) is 2.60. The number of carboxylic acids is 1. The van der Waals surface area contributed by atoms with Gasteiger partial charge in [-0.2, -0.15) is 0 Å². The Balaban J connectivity index is 1.65. The van der Waals surface area contributed by atoms with Gasteiger partial charge in [-0.3, -0.25) is 14.4 Å². The molecule has 7 nitrogen and oxygen atoms in total. The number of fused-ring (bicyclic) bond motifs is 1. The Labute approximate surface area is 133 Å². The molecule has 0 bridgehead atoms. The van der Waals surface area contributed by atoms with Gasteiger partial charge in [-0.25, -0.2) is 0 Å². The Kier molecular flexibility index (Phi) is 3.87. The van der Waals surface area contributed by atoms with Crippen molar-refractivity contribution < 1.29 is 23.9 Å². The molecule has 2 heterocycles. The van der Waals surface area contributed by atoms with E-state index < -0.39 is 17.4 Å². The molecule has 23 heavy (non-hydrogen) atoms. The Hall–Kier alpha value is -2.31. The van der Waals surface area contributed by atoms with Gasteiger partial charge in [0.2, 0.25) is 5.91 Å². The summed E-state index contributed by atoms with van der Waals surface area (Å²) in [7, 11) is 0. The number of furan rings is 1. The summed E-state index contributed by atoms with van der Waals surface area (Å²) >= 11 is 0. The van der Waals surface area contributed by atoms with Crippen molar-refractivity contribution in [2.24, 2.45) is 11.3 Å². The van der Waals surface area contributed by atoms with E-state index in [1.54, 1.807) is 11.8 Å². The van der Waals surface area contributed by atoms with E-state index in [9.17, 15) is 19.5 Å². The average Bonchev–Trinajstić information content (AvgIpc) is 3.21. The highest BCUT2D eigenvalue weighted by Crippen LogP contribution is 2.48. The summed E-state index contributed by atoms with van der Waals surface area (Å²) in [5, 5.41) is 12.2. The maximum atomic E-state index is 12.5. The number of aliphatic carboxylic acids is 1. The fraction of sp³-hybridized carbons (Fsp3) is 0.562. The van der Waals surface area contributed by atoms with Crippen LogP contribution >= 0.6 is 0 Å². The molecule has 1 aromatic rings. The quantitative estimate of drug-likeness (QED) is 0.865. The molecule has 2 N–H and O–H groups in total. The molecule has 0 spiro atoms. The topological polar surface area (TPSA) is 99.9 Å². The summed E-state index contributed by atoms with van der Waals surface area (Å²) < 4.78 is 4.85. The van der Waals surface area contributed by atoms with Crippen molar-refractivity contribution in [2.75, 3.05) is 13.1 Å². The first-order valence-electron chi connectivity index (χ1n) is 7.79. The minimum absolute atomic E-state index is 0.0146. The molecule has 0 radical (unpaired) electrons. The monoisotopic (exact) mass is 320 g/mol. The molecule has 2 aliphatic rings. The van der Waals surface area contributed by atoms with E-state index in [4.69, 9.17) is 4.42 Å². The van der Waals surface area contributed by atoms with E-state index in [0.717, 1.165) is 12.8 Å². The number of likely N-dealkylation sites (tertiary alicyclic amines) is 1. The van der Waals surface area contributed by atoms with Crippen LogP contribution in [0.2, 0.25) is 0 Å². The largest absolute Gasteiger partial charge is 0.481 e. The minimum atomic E-state index is -0.814. The number of carboxylic acid groups (broad SMARTS) is 1. The standard InChI is InChI=1S/C16H20N2O5/c1-10(17-13(19)11-4-6-23-8-11)14(20)18-7-12-3-2-5-16(12,9-18)15(21)22/h4,6,8,10,12H,2-3,5,7,9H2,1H3,(H,17,19)(H,21,22)/t10?,12-,16+/m0/s1. The van der Waals surface area contributed by atoms with Gasteiger partial charge in [0.25, 0.3) is 5.91 Å². The van der Waals surface area contributed by atoms with E-state index in [-0.39, 0.29) is 24.3 Å². The Bertz CT molecular complexity index is 626. The number of hydrogen-bond acceptors (Lipinski definition) is 4. The zero-order valence-electron chi connectivity index (χ0n) is 12.9. The molecule has 1 saturated heterocycles. The molecule has 2 amide bonds. The minimum Gasteiger partial charge on any atom is -0.481 e. The normalized spacial score (nSPS) is 27.5. The summed E-state index contributed by atoms with van der Waals surface area (Å²) in [6.45, 7) is 2.30. The third-order valence-corrected chi connectivity index (χ3v) is 5.11. The van der Waals surface area contributed by atoms with E-state index in [1.165, 1.54) is 18.6 Å². The smallest absolute Gasteiger partial charge is 0.311 e. The van der Waals surface area contributed by atoms with E-state index in [1.807, 2.05) is 0 Å². The second kappa shape index (κ2) is 5.72. The van der Waals surface area contributed by atoms with Gasteiger partial charge in [-0.1, -0.05) is 6.42 Å². The molecule has 1 aromatic heterocycles. The molecule has 124 valence electrons. The van der Waals surface area contributed by atoms with Crippen molar-refractivity contribution in [2.45, 2.75) is 32.2 Å². The number of carbonyl (C=O) groups is 3. The highest BCUT2D eigenvalue weighted by Gasteiger charge is 2.56. The predicted octanol–water partition coefficient (Wildman–Crippen LogP) is 1.11. The van der Waals surface area contributed by atoms with Crippen LogP contribution in [0.1, 0.15) is 36.5 Å². The molecule has 1 aliphatic heterocycles. The number of nitrogens with one attached hydrogen (secondary N) is 1. The molecule has 1 saturated carbocycles. The zero-order valence-corrected chi connectivity index (χ0v) is 12.9. The number of carbonyl (C=O) groups excluding carboxylic acids is 2. The maximum Gasteiger partial charge on any atom is 0.311 e. The van der Waals surface area contributed by atoms with Crippen molar-refractivity contribution in [3.05, 3.63) is 24.2 Å². The molecule has 0 aromatic carbocycles. The van der Waals surface area contributed by atoms with E-state index >= 15 is 0 Å². The van der Waals surface area contributed by atoms with Crippen LogP contribution < -0.4 is 5.32 Å². The van der Waals surface area contributed by atoms with Crippen molar-refractivity contribution >= 4 is 17.8 Å². The highest BCUT2D eigenvalue weighted by atomic mass is 16.4. The van der Waals surface area contributed by atoms with Crippen molar-refractivity contribution in [1.29, 1.82) is 0 Å². The van der Waals surface area contributed by atoms with Crippen LogP contribution in [0.5, 0.6) is 0 Å². The van der Waals surface area contributed by atoms with Crippen LogP contribution in [0.4, 0.5) is 0 Å². The molecule has 2 fully saturated rings. The molecular formula is C16H20N2O5. The van der Waals surface area contributed by atoms with Gasteiger partial charge in [0.15, 0.2) is 0 Å². The molecule has 3 atom stereocenters. The van der Waals surface area contributed by atoms with Crippen LogP contribution in [0.15, 0.2) is 23.0 Å². The fourth-order valence-corrected chi connectivity index (χ4v) is 3.82. The second-order valence-corrected chi connectivity index (χ2v) is 6.48. The molecule has 1 aliphatic carbocycles. The summed E-state index contributed by atoms with van der Waals surface area (Å²) in [4.78, 5) is 37.7. The lowest BCUT2D eigenvalue weighted by Crippen LogP contribution is -2.47. The van der Waals surface area contributed by atoms with Crippen LogP contribution in [0.3, 0.4) is 0 Å². The van der Waals surface area contributed by atoms with Crippen LogP contribution in [-0.2, 0) is 9.59 Å². The van der Waals surface area contributed by atoms with E-state index in [0.29, 0.717) is 18.5 Å². The van der Waals surface area contributed by atoms with E-state index in [2.05, 4.69) is 5.32 Å². The lowest BCUT2D eigenvalue weighted by Gasteiger charge is -2.25. The van der Waals surface area contributed by atoms with Crippen LogP contribution in [-0.4, -0.2) is 46.9 Å². The first-order valence-corrected chi connectivity index (χ1v) is 7.79. The first kappa shape index (κ1) is 15.6. The SMILES string of the molecule is CC(NC(=O)c1ccoc1)C(=O)N1C[C@@H]2CCC[C@@]2(C(=O)O)C1. The van der Waals surface area contributed by atoms with Crippen LogP contribution in [0.25, 0.3) is 0 Å². The second-order valence-electron chi connectivity index (χ2n) is 6.48. The summed E-state index contributed by atoms with van der Waals surface area (Å²) in [6, 6.07) is 0.814. The number of nitrogens with zero attached hydrogens (tertiary/aromatic N) is 1. The Morgan fingerprint density at radius 3 is 2.87 bits per heavy atom. The molecular weight excluding hydrogens is 300 g/mol. The highest BCUT2D eigenvalue weighted by molar-refractivity contribution is 5.97. The number of hydrogen-bond donors (Lipinski definition) is 2. The first-order chi connectivity index (χ1) is 10.9. The Morgan fingerprint density at radius 2 is 2.26 bits per heavy atom. The summed E-state index contributed by atoms with van der Waals surface area (Å²) in [5.74, 6) is -1.42. The van der Waals surface area contributed by atoms with Crippen molar-refractivity contribution in [3.8, 4) is 0 Å². The third-order valence-electron chi connectivity index (χ3n) is 5.11. The summed E-state index contributed by atoms with van der Waals surface area (Å²) in [6.07, 6.45) is 5.05. The fourth-order valence-electron chi connectivity index (χ4n) is 3.82. The van der Waals surface area contributed by atoms with Gasteiger partial charge in [-0.15, -0.1) is 0 Å². The van der Waals surface area contributed by atoms with Gasteiger partial charge >= 0.3 is 5.97 Å². The predicted molar refractivity (Wildman–Crippen MR) is 79.6 cm³/mol. The summed E-state index contributed by atoms with van der Waals surface area (Å²) in [5.41, 5.74) is -0.450. The van der Waals surface area contributed by atoms with Gasteiger partial charge in [0, 0.05) is 13.1 Å². The van der Waals surface area contributed by atoms with Gasteiger partial charge in [0.1, 0.15) is 12.3 Å².